The maximum Gasteiger partial charge on any atom is 0.239 e. The van der Waals surface area contributed by atoms with Gasteiger partial charge < -0.3 is 9.84 Å². The van der Waals surface area contributed by atoms with E-state index in [1.165, 1.54) is 12.8 Å². The van der Waals surface area contributed by atoms with E-state index in [1.54, 1.807) is 23.1 Å². The van der Waals surface area contributed by atoms with Crippen LogP contribution in [-0.2, 0) is 0 Å². The van der Waals surface area contributed by atoms with E-state index in [2.05, 4.69) is 25.7 Å². The van der Waals surface area contributed by atoms with E-state index < -0.39 is 0 Å². The molecule has 0 saturated heterocycles. The largest absolute Gasteiger partial charge is 0.357 e. The maximum atomic E-state index is 5.30. The van der Waals surface area contributed by atoms with E-state index in [4.69, 9.17) is 4.52 Å². The Morgan fingerprint density at radius 1 is 1.30 bits per heavy atom. The van der Waals surface area contributed by atoms with Crippen molar-refractivity contribution in [2.75, 3.05) is 5.32 Å². The monoisotopic (exact) mass is 311 g/mol. The van der Waals surface area contributed by atoms with Crippen molar-refractivity contribution < 1.29 is 4.52 Å². The Morgan fingerprint density at radius 3 is 2.75 bits per heavy atom. The fourth-order valence-corrected chi connectivity index (χ4v) is 3.57. The van der Waals surface area contributed by atoms with E-state index in [1.807, 2.05) is 20.8 Å². The first-order chi connectivity index (χ1) is 9.61. The van der Waals surface area contributed by atoms with Gasteiger partial charge >= 0.3 is 0 Å². The molecule has 0 aromatic carbocycles. The summed E-state index contributed by atoms with van der Waals surface area (Å²) in [6, 6.07) is 0.600. The van der Waals surface area contributed by atoms with Crippen LogP contribution in [0.3, 0.4) is 0 Å². The van der Waals surface area contributed by atoms with Crippen LogP contribution < -0.4 is 5.32 Å². The summed E-state index contributed by atoms with van der Waals surface area (Å²) in [5.41, 5.74) is 0. The number of hydrogen-bond acceptors (Lipinski definition) is 8. The predicted octanol–water partition coefficient (Wildman–Crippen LogP) is 3.47. The molecule has 6 nitrogen and oxygen atoms in total. The molecule has 20 heavy (non-hydrogen) atoms. The molecule has 3 rings (SSSR count). The van der Waals surface area contributed by atoms with Crippen molar-refractivity contribution >= 4 is 28.2 Å². The second-order valence-corrected chi connectivity index (χ2v) is 7.76. The van der Waals surface area contributed by atoms with Crippen LogP contribution >= 0.6 is 23.1 Å². The van der Waals surface area contributed by atoms with Gasteiger partial charge in [-0.25, -0.2) is 0 Å². The van der Waals surface area contributed by atoms with Gasteiger partial charge in [0.2, 0.25) is 11.0 Å². The number of nitrogens with one attached hydrogen (secondary N) is 1. The van der Waals surface area contributed by atoms with Gasteiger partial charge in [-0.15, -0.1) is 10.2 Å². The first-order valence-corrected chi connectivity index (χ1v) is 8.41. The van der Waals surface area contributed by atoms with E-state index >= 15 is 0 Å². The van der Waals surface area contributed by atoms with Crippen LogP contribution in [0, 0.1) is 0 Å². The Bertz CT molecular complexity index is 578. The predicted molar refractivity (Wildman–Crippen MR) is 79.2 cm³/mol. The molecule has 2 heterocycles. The summed E-state index contributed by atoms with van der Waals surface area (Å²) in [4.78, 5) is 4.41. The molecule has 1 unspecified atom stereocenters. The van der Waals surface area contributed by atoms with Crippen molar-refractivity contribution in [3.63, 3.8) is 0 Å². The smallest absolute Gasteiger partial charge is 0.239 e. The molecule has 1 saturated carbocycles. The number of thioether (sulfide) groups is 1. The van der Waals surface area contributed by atoms with Crippen LogP contribution in [0.5, 0.6) is 0 Å². The zero-order chi connectivity index (χ0) is 14.1. The van der Waals surface area contributed by atoms with Crippen molar-refractivity contribution in [2.45, 2.75) is 55.2 Å². The van der Waals surface area contributed by atoms with Crippen LogP contribution in [0.1, 0.15) is 56.5 Å². The zero-order valence-electron chi connectivity index (χ0n) is 11.7. The standard InChI is InChI=1S/C12H17N5OS2/c1-6(2)9-14-10(18-17-9)7(3)19-12-16-15-11(20-12)13-8-4-5-8/h6-8H,4-5H2,1-3H3,(H,13,15). The minimum atomic E-state index is 0.0803. The fraction of sp³-hybridized carbons (Fsp3) is 0.667. The number of aromatic nitrogens is 4. The van der Waals surface area contributed by atoms with Crippen molar-refractivity contribution in [3.05, 3.63) is 11.7 Å². The highest BCUT2D eigenvalue weighted by atomic mass is 32.2. The molecule has 0 bridgehead atoms. The molecule has 0 spiro atoms. The summed E-state index contributed by atoms with van der Waals surface area (Å²) < 4.78 is 6.22. The lowest BCUT2D eigenvalue weighted by molar-refractivity contribution is 0.373. The summed E-state index contributed by atoms with van der Waals surface area (Å²) in [6.45, 7) is 6.14. The average Bonchev–Trinajstić information content (AvgIpc) is 2.92. The Balaban J connectivity index is 1.61. The van der Waals surface area contributed by atoms with Crippen LogP contribution in [0.2, 0.25) is 0 Å². The molecule has 1 fully saturated rings. The average molecular weight is 311 g/mol. The van der Waals surface area contributed by atoms with Crippen LogP contribution in [0.15, 0.2) is 8.86 Å². The molecule has 1 atom stereocenters. The van der Waals surface area contributed by atoms with Gasteiger partial charge in [-0.1, -0.05) is 42.1 Å². The van der Waals surface area contributed by atoms with Gasteiger partial charge in [-0.2, -0.15) is 4.98 Å². The molecule has 0 radical (unpaired) electrons. The Labute approximate surface area is 125 Å². The number of nitrogens with zero attached hydrogens (tertiary/aromatic N) is 4. The summed E-state index contributed by atoms with van der Waals surface area (Å²) in [5, 5.41) is 16.6. The Morgan fingerprint density at radius 2 is 2.10 bits per heavy atom. The van der Waals surface area contributed by atoms with Crippen LogP contribution in [-0.4, -0.2) is 26.4 Å². The second-order valence-electron chi connectivity index (χ2n) is 5.20. The zero-order valence-corrected chi connectivity index (χ0v) is 13.3. The first kappa shape index (κ1) is 13.8. The van der Waals surface area contributed by atoms with E-state index in [0.29, 0.717) is 11.9 Å². The van der Waals surface area contributed by atoms with Crippen LogP contribution in [0.25, 0.3) is 0 Å². The molecule has 0 aliphatic heterocycles. The highest BCUT2D eigenvalue weighted by Crippen LogP contribution is 2.37. The fourth-order valence-electron chi connectivity index (χ4n) is 1.57. The van der Waals surface area contributed by atoms with Gasteiger partial charge in [-0.05, 0) is 19.8 Å². The van der Waals surface area contributed by atoms with Gasteiger partial charge in [0.15, 0.2) is 10.2 Å². The molecular weight excluding hydrogens is 294 g/mol. The number of hydrogen-bond donors (Lipinski definition) is 1. The van der Waals surface area contributed by atoms with Gasteiger partial charge in [0.1, 0.15) is 0 Å². The van der Waals surface area contributed by atoms with Gasteiger partial charge in [0, 0.05) is 12.0 Å². The van der Waals surface area contributed by atoms with E-state index in [9.17, 15) is 0 Å². The minimum absolute atomic E-state index is 0.0803. The second kappa shape index (κ2) is 5.69. The summed E-state index contributed by atoms with van der Waals surface area (Å²) in [5.74, 6) is 1.67. The van der Waals surface area contributed by atoms with Gasteiger partial charge in [-0.3, -0.25) is 0 Å². The Kier molecular flexibility index (Phi) is 3.93. The third-order valence-corrected chi connectivity index (χ3v) is 4.94. The van der Waals surface area contributed by atoms with E-state index in [0.717, 1.165) is 15.3 Å². The van der Waals surface area contributed by atoms with Crippen LogP contribution in [0.4, 0.5) is 5.13 Å². The van der Waals surface area contributed by atoms with E-state index in [-0.39, 0.29) is 11.2 Å². The molecule has 2 aromatic heterocycles. The van der Waals surface area contributed by atoms with Crippen molar-refractivity contribution in [1.29, 1.82) is 0 Å². The number of anilines is 1. The number of rotatable bonds is 6. The molecule has 108 valence electrons. The third kappa shape index (κ3) is 3.29. The van der Waals surface area contributed by atoms with Gasteiger partial charge in [0.05, 0.1) is 5.25 Å². The third-order valence-electron chi connectivity index (χ3n) is 2.91. The molecule has 0 amide bonds. The van der Waals surface area contributed by atoms with Crippen molar-refractivity contribution in [1.82, 2.24) is 20.3 Å². The highest BCUT2D eigenvalue weighted by molar-refractivity contribution is 8.01. The lowest BCUT2D eigenvalue weighted by atomic mass is 10.2. The lowest BCUT2D eigenvalue weighted by Gasteiger charge is -2.01. The topological polar surface area (TPSA) is 76.7 Å². The molecule has 1 aliphatic carbocycles. The van der Waals surface area contributed by atoms with Crippen molar-refractivity contribution in [3.8, 4) is 0 Å². The minimum Gasteiger partial charge on any atom is -0.357 e. The molecular formula is C12H17N5OS2. The summed E-state index contributed by atoms with van der Waals surface area (Å²) in [6.07, 6.45) is 2.47. The molecule has 1 N–H and O–H groups in total. The maximum absolute atomic E-state index is 5.30. The highest BCUT2D eigenvalue weighted by Gasteiger charge is 2.23. The molecule has 8 heteroatoms. The first-order valence-electron chi connectivity index (χ1n) is 6.72. The normalized spacial score (nSPS) is 16.6. The SMILES string of the molecule is CC(C)c1noc(C(C)Sc2nnc(NC3CC3)s2)n1. The lowest BCUT2D eigenvalue weighted by Crippen LogP contribution is -1.99. The quantitative estimate of drug-likeness (QED) is 0.818. The molecule has 2 aromatic rings. The van der Waals surface area contributed by atoms with Gasteiger partial charge in [0.25, 0.3) is 0 Å². The summed E-state index contributed by atoms with van der Waals surface area (Å²) >= 11 is 3.18. The Hall–Kier alpha value is -1.15. The van der Waals surface area contributed by atoms with Crippen molar-refractivity contribution in [2.24, 2.45) is 0 Å². The molecule has 1 aliphatic rings. The summed E-state index contributed by atoms with van der Waals surface area (Å²) in [7, 11) is 0.